The maximum absolute atomic E-state index is 12.0. The Balaban J connectivity index is 2.12. The van der Waals surface area contributed by atoms with Crippen LogP contribution in [0.25, 0.3) is 6.08 Å². The van der Waals surface area contributed by atoms with E-state index >= 15 is 0 Å². The van der Waals surface area contributed by atoms with Crippen molar-refractivity contribution in [3.05, 3.63) is 45.7 Å². The fraction of sp³-hybridized carbons (Fsp3) is 0.214. The highest BCUT2D eigenvalue weighted by molar-refractivity contribution is 9.10. The average Bonchev–Trinajstić information content (AvgIpc) is 2.93. The largest absolute Gasteiger partial charge is 0.487 e. The van der Waals surface area contributed by atoms with Crippen LogP contribution in [0.4, 0.5) is 0 Å². The van der Waals surface area contributed by atoms with Crippen molar-refractivity contribution in [2.75, 3.05) is 7.11 Å². The molecule has 0 unspecified atom stereocenters. The molecule has 0 radical (unpaired) electrons. The van der Waals surface area contributed by atoms with Gasteiger partial charge in [0.05, 0.1) is 31.1 Å². The van der Waals surface area contributed by atoms with Gasteiger partial charge in [0.2, 0.25) is 0 Å². The molecule has 0 spiro atoms. The highest BCUT2D eigenvalue weighted by Gasteiger charge is 2.17. The van der Waals surface area contributed by atoms with Crippen molar-refractivity contribution < 1.29 is 14.3 Å². The zero-order valence-corrected chi connectivity index (χ0v) is 12.8. The molecule has 2 aromatic rings. The van der Waals surface area contributed by atoms with Crippen LogP contribution in [0.5, 0.6) is 5.75 Å². The Kier molecular flexibility index (Phi) is 3.74. The summed E-state index contributed by atoms with van der Waals surface area (Å²) < 4.78 is 13.2. The molecule has 1 aliphatic heterocycles. The van der Waals surface area contributed by atoms with Crippen LogP contribution in [0.3, 0.4) is 0 Å². The van der Waals surface area contributed by atoms with Crippen LogP contribution in [0.1, 0.15) is 11.3 Å². The summed E-state index contributed by atoms with van der Waals surface area (Å²) in [7, 11) is 1.36. The monoisotopic (exact) mass is 349 g/mol. The Hall–Kier alpha value is -2.15. The molecule has 21 heavy (non-hydrogen) atoms. The topological polar surface area (TPSA) is 66.2 Å². The van der Waals surface area contributed by atoms with Gasteiger partial charge in [-0.2, -0.15) is 0 Å². The first-order chi connectivity index (χ1) is 10.2. The Morgan fingerprint density at radius 1 is 1.48 bits per heavy atom. The Morgan fingerprint density at radius 2 is 2.33 bits per heavy atom. The van der Waals surface area contributed by atoms with Gasteiger partial charge < -0.3 is 9.47 Å². The summed E-state index contributed by atoms with van der Waals surface area (Å²) in [6, 6.07) is 5.63. The molecule has 108 valence electrons. The van der Waals surface area contributed by atoms with Gasteiger partial charge in [0.25, 0.3) is 0 Å². The fourth-order valence-corrected chi connectivity index (χ4v) is 2.47. The van der Waals surface area contributed by atoms with Gasteiger partial charge in [-0.05, 0) is 24.3 Å². The summed E-state index contributed by atoms with van der Waals surface area (Å²) in [6.45, 7) is 0.626. The van der Waals surface area contributed by atoms with Crippen molar-refractivity contribution >= 4 is 28.0 Å². The molecular formula is C14H12BrN3O3. The summed E-state index contributed by atoms with van der Waals surface area (Å²) in [6.07, 6.45) is 3.38. The van der Waals surface area contributed by atoms with Crippen molar-refractivity contribution in [1.82, 2.24) is 15.0 Å². The van der Waals surface area contributed by atoms with E-state index in [1.807, 2.05) is 18.2 Å². The number of methoxy groups -OCH3 is 1. The summed E-state index contributed by atoms with van der Waals surface area (Å²) in [5.41, 5.74) is 2.08. The Morgan fingerprint density at radius 3 is 3.14 bits per heavy atom. The molecular weight excluding hydrogens is 338 g/mol. The lowest BCUT2D eigenvalue weighted by Crippen LogP contribution is -2.14. The smallest absolute Gasteiger partial charge is 0.335 e. The van der Waals surface area contributed by atoms with Gasteiger partial charge >= 0.3 is 5.97 Å². The summed E-state index contributed by atoms with van der Waals surface area (Å²) >= 11 is 3.42. The van der Waals surface area contributed by atoms with Crippen molar-refractivity contribution in [2.45, 2.75) is 13.2 Å². The number of fused-ring (bicyclic) bond motifs is 2. The van der Waals surface area contributed by atoms with Gasteiger partial charge in [-0.25, -0.2) is 9.48 Å². The number of esters is 1. The first-order valence-corrected chi connectivity index (χ1v) is 7.05. The number of benzene rings is 1. The molecule has 0 bridgehead atoms. The zero-order chi connectivity index (χ0) is 14.8. The second-order valence-corrected chi connectivity index (χ2v) is 5.43. The fourth-order valence-electron chi connectivity index (χ4n) is 2.09. The highest BCUT2D eigenvalue weighted by Crippen LogP contribution is 2.28. The van der Waals surface area contributed by atoms with E-state index in [2.05, 4.69) is 26.2 Å². The molecule has 0 atom stereocenters. The molecule has 0 N–H and O–H groups in total. The molecule has 0 aliphatic carbocycles. The molecule has 1 aromatic heterocycles. The van der Waals surface area contributed by atoms with Gasteiger partial charge in [-0.15, -0.1) is 5.10 Å². The molecule has 0 amide bonds. The van der Waals surface area contributed by atoms with Gasteiger partial charge in [0, 0.05) is 10.0 Å². The standard InChI is InChI=1S/C14H12BrN3O3/c1-20-14(19)10-4-9-5-11(15)2-3-13(9)21-8-12-6-16-17-18(12)7-10/h2-6H,7-8H2,1H3/b10-4+. The van der Waals surface area contributed by atoms with Gasteiger partial charge in [-0.3, -0.25) is 0 Å². The minimum absolute atomic E-state index is 0.289. The van der Waals surface area contributed by atoms with Crippen molar-refractivity contribution in [2.24, 2.45) is 0 Å². The number of rotatable bonds is 1. The van der Waals surface area contributed by atoms with Crippen LogP contribution in [-0.2, 0) is 22.7 Å². The molecule has 3 rings (SSSR count). The Bertz CT molecular complexity index is 724. The highest BCUT2D eigenvalue weighted by atomic mass is 79.9. The van der Waals surface area contributed by atoms with E-state index in [1.165, 1.54) is 7.11 Å². The molecule has 7 heteroatoms. The molecule has 6 nitrogen and oxygen atoms in total. The van der Waals surface area contributed by atoms with Gasteiger partial charge in [-0.1, -0.05) is 21.1 Å². The van der Waals surface area contributed by atoms with Crippen LogP contribution >= 0.6 is 15.9 Å². The third kappa shape index (κ3) is 2.82. The number of hydrogen-bond donors (Lipinski definition) is 0. The average molecular weight is 350 g/mol. The van der Waals surface area contributed by atoms with Crippen LogP contribution in [-0.4, -0.2) is 28.1 Å². The van der Waals surface area contributed by atoms with Crippen molar-refractivity contribution in [3.8, 4) is 5.75 Å². The normalized spacial score (nSPS) is 16.2. The Labute approximate surface area is 129 Å². The number of hydrogen-bond acceptors (Lipinski definition) is 5. The zero-order valence-electron chi connectivity index (χ0n) is 11.2. The summed E-state index contributed by atoms with van der Waals surface area (Å²) in [5.74, 6) is 0.290. The van der Waals surface area contributed by atoms with E-state index < -0.39 is 5.97 Å². The minimum Gasteiger partial charge on any atom is -0.487 e. The molecule has 2 heterocycles. The van der Waals surface area contributed by atoms with Gasteiger partial charge in [0.15, 0.2) is 0 Å². The van der Waals surface area contributed by atoms with Crippen molar-refractivity contribution in [1.29, 1.82) is 0 Å². The number of ether oxygens (including phenoxy) is 2. The number of nitrogens with zero attached hydrogens (tertiary/aromatic N) is 3. The first kappa shape index (κ1) is 13.8. The molecule has 0 saturated carbocycles. The van der Waals surface area contributed by atoms with E-state index in [0.717, 1.165) is 15.7 Å². The maximum Gasteiger partial charge on any atom is 0.335 e. The summed E-state index contributed by atoms with van der Waals surface area (Å²) in [5, 5.41) is 7.83. The van der Waals surface area contributed by atoms with E-state index in [9.17, 15) is 4.79 Å². The van der Waals surface area contributed by atoms with Crippen LogP contribution in [0.15, 0.2) is 34.4 Å². The lowest BCUT2D eigenvalue weighted by Gasteiger charge is -2.08. The van der Waals surface area contributed by atoms with E-state index in [-0.39, 0.29) is 6.54 Å². The number of halogens is 1. The third-order valence-corrected chi connectivity index (χ3v) is 3.64. The number of carbonyl (C=O) groups excluding carboxylic acids is 1. The second-order valence-electron chi connectivity index (χ2n) is 4.51. The first-order valence-electron chi connectivity index (χ1n) is 6.26. The molecule has 0 saturated heterocycles. The van der Waals surface area contributed by atoms with Crippen LogP contribution in [0.2, 0.25) is 0 Å². The number of aromatic nitrogens is 3. The minimum atomic E-state index is -0.399. The van der Waals surface area contributed by atoms with Gasteiger partial charge in [0.1, 0.15) is 12.4 Å². The lowest BCUT2D eigenvalue weighted by molar-refractivity contribution is -0.136. The maximum atomic E-state index is 12.0. The SMILES string of the molecule is COC(=O)/C1=C/c2cc(Br)ccc2OCc2cnnn2C1. The van der Waals surface area contributed by atoms with E-state index in [4.69, 9.17) is 9.47 Å². The van der Waals surface area contributed by atoms with Crippen molar-refractivity contribution in [3.63, 3.8) is 0 Å². The lowest BCUT2D eigenvalue weighted by atomic mass is 10.1. The predicted molar refractivity (Wildman–Crippen MR) is 78.5 cm³/mol. The van der Waals surface area contributed by atoms with Crippen LogP contribution < -0.4 is 4.74 Å². The number of carbonyl (C=O) groups is 1. The molecule has 1 aliphatic rings. The predicted octanol–water partition coefficient (Wildman–Crippen LogP) is 2.19. The quantitative estimate of drug-likeness (QED) is 0.738. The second kappa shape index (κ2) is 5.69. The molecule has 1 aromatic carbocycles. The van der Waals surface area contributed by atoms with Crippen LogP contribution in [0, 0.1) is 0 Å². The van der Waals surface area contributed by atoms with E-state index in [1.54, 1.807) is 17.0 Å². The summed E-state index contributed by atoms with van der Waals surface area (Å²) in [4.78, 5) is 12.0. The van der Waals surface area contributed by atoms with E-state index in [0.29, 0.717) is 17.9 Å². The molecule has 0 fully saturated rings. The third-order valence-electron chi connectivity index (χ3n) is 3.14.